The van der Waals surface area contributed by atoms with E-state index in [4.69, 9.17) is 4.74 Å². The Morgan fingerprint density at radius 2 is 1.64 bits per heavy atom. The molecule has 4 aliphatic carbocycles. The number of carbonyl (C=O) groups excluding carboxylic acids is 1. The fraction of sp³-hybridized carbons (Fsp3) is 0.750. The van der Waals surface area contributed by atoms with Gasteiger partial charge in [0.25, 0.3) is 0 Å². The van der Waals surface area contributed by atoms with Gasteiger partial charge in [0.1, 0.15) is 0 Å². The number of rotatable bonds is 3. The third-order valence-electron chi connectivity index (χ3n) is 10.9. The molecule has 1 spiro atoms. The van der Waals surface area contributed by atoms with E-state index in [1.165, 1.54) is 7.11 Å². The van der Waals surface area contributed by atoms with Crippen LogP contribution in [0.4, 0.5) is 0 Å². The lowest BCUT2D eigenvalue weighted by molar-refractivity contribution is -0.185. The molecule has 7 atom stereocenters. The Labute approximate surface area is 199 Å². The molecule has 33 heavy (non-hydrogen) atoms. The van der Waals surface area contributed by atoms with Crippen molar-refractivity contribution in [1.29, 1.82) is 0 Å². The standard InChI is InChI=1S/C28H40O4S/c1-19-7-9-20(10-8-19)33(30,31)23-17-28-16-12-21-26(3,22(28)11-15-25(23,2)18-28)13-6-14-27(21,4)24(29)32-5/h7-10,21-23H,6,11-18H2,1-5H3. The minimum atomic E-state index is -3.39. The van der Waals surface area contributed by atoms with Crippen LogP contribution in [0.1, 0.15) is 84.1 Å². The molecule has 4 fully saturated rings. The Hall–Kier alpha value is -1.36. The molecule has 0 aromatic heterocycles. The Balaban J connectivity index is 1.52. The van der Waals surface area contributed by atoms with Crippen molar-refractivity contribution in [3.05, 3.63) is 29.8 Å². The zero-order valence-corrected chi connectivity index (χ0v) is 21.8. The smallest absolute Gasteiger partial charge is 0.311 e. The van der Waals surface area contributed by atoms with Gasteiger partial charge in [-0.05, 0) is 105 Å². The van der Waals surface area contributed by atoms with Crippen LogP contribution >= 0.6 is 0 Å². The second kappa shape index (κ2) is 7.32. The van der Waals surface area contributed by atoms with E-state index in [0.29, 0.717) is 16.7 Å². The summed E-state index contributed by atoms with van der Waals surface area (Å²) in [7, 11) is -1.87. The molecule has 4 saturated carbocycles. The topological polar surface area (TPSA) is 60.4 Å². The molecule has 0 amide bonds. The second-order valence-corrected chi connectivity index (χ2v) is 14.8. The summed E-state index contributed by atoms with van der Waals surface area (Å²) < 4.78 is 33.1. The van der Waals surface area contributed by atoms with Gasteiger partial charge in [0.2, 0.25) is 0 Å². The number of fused-ring (bicyclic) bond motifs is 3. The van der Waals surface area contributed by atoms with Gasteiger partial charge in [0.05, 0.1) is 22.7 Å². The highest BCUT2D eigenvalue weighted by atomic mass is 32.2. The zero-order valence-electron chi connectivity index (χ0n) is 20.9. The van der Waals surface area contributed by atoms with Gasteiger partial charge in [-0.1, -0.05) is 38.0 Å². The first-order valence-electron chi connectivity index (χ1n) is 12.8. The maximum atomic E-state index is 13.9. The molecule has 182 valence electrons. The van der Waals surface area contributed by atoms with E-state index >= 15 is 0 Å². The second-order valence-electron chi connectivity index (χ2n) is 12.7. The lowest BCUT2D eigenvalue weighted by Crippen LogP contribution is -2.58. The maximum absolute atomic E-state index is 13.9. The summed E-state index contributed by atoms with van der Waals surface area (Å²) in [6.07, 6.45) is 8.98. The molecule has 1 aromatic rings. The number of hydrogen-bond acceptors (Lipinski definition) is 4. The number of methoxy groups -OCH3 is 1. The number of sulfone groups is 1. The van der Waals surface area contributed by atoms with Crippen molar-refractivity contribution < 1.29 is 17.9 Å². The van der Waals surface area contributed by atoms with E-state index in [0.717, 1.165) is 63.4 Å². The molecule has 4 nitrogen and oxygen atoms in total. The average Bonchev–Trinajstić information content (AvgIpc) is 2.99. The van der Waals surface area contributed by atoms with E-state index in [1.807, 2.05) is 19.1 Å². The Kier molecular flexibility index (Phi) is 5.19. The van der Waals surface area contributed by atoms with Crippen molar-refractivity contribution in [1.82, 2.24) is 0 Å². The predicted octanol–water partition coefficient (Wildman–Crippen LogP) is 6.11. The summed E-state index contributed by atoms with van der Waals surface area (Å²) in [5, 5.41) is -0.312. The van der Waals surface area contributed by atoms with Crippen LogP contribution in [0.15, 0.2) is 29.2 Å². The average molecular weight is 473 g/mol. The summed E-state index contributed by atoms with van der Waals surface area (Å²) in [5.41, 5.74) is 0.652. The first kappa shape index (κ1) is 23.4. The maximum Gasteiger partial charge on any atom is 0.311 e. The molecule has 0 aliphatic heterocycles. The predicted molar refractivity (Wildman–Crippen MR) is 129 cm³/mol. The molecule has 0 radical (unpaired) electrons. The highest BCUT2D eigenvalue weighted by molar-refractivity contribution is 7.92. The number of esters is 1. The molecule has 0 N–H and O–H groups in total. The van der Waals surface area contributed by atoms with Crippen molar-refractivity contribution in [2.75, 3.05) is 7.11 Å². The summed E-state index contributed by atoms with van der Waals surface area (Å²) in [4.78, 5) is 13.4. The fourth-order valence-electron chi connectivity index (χ4n) is 9.56. The molecular weight excluding hydrogens is 432 g/mol. The van der Waals surface area contributed by atoms with Crippen LogP contribution in [-0.4, -0.2) is 26.7 Å². The van der Waals surface area contributed by atoms with Crippen LogP contribution in [0.3, 0.4) is 0 Å². The van der Waals surface area contributed by atoms with Crippen molar-refractivity contribution in [2.45, 2.75) is 95.6 Å². The minimum Gasteiger partial charge on any atom is -0.469 e. The summed E-state index contributed by atoms with van der Waals surface area (Å²) in [5.74, 6) is 0.750. The van der Waals surface area contributed by atoms with Crippen LogP contribution in [-0.2, 0) is 19.4 Å². The van der Waals surface area contributed by atoms with Gasteiger partial charge >= 0.3 is 5.97 Å². The third kappa shape index (κ3) is 3.13. The molecular formula is C28H40O4S. The van der Waals surface area contributed by atoms with Crippen LogP contribution in [0.25, 0.3) is 0 Å². The summed E-state index contributed by atoms with van der Waals surface area (Å²) >= 11 is 0. The van der Waals surface area contributed by atoms with Crippen molar-refractivity contribution >= 4 is 15.8 Å². The SMILES string of the molecule is COC(=O)C1(C)CCCC2(C)C3CCC4(C)CC3(CCC12)CC4S(=O)(=O)c1ccc(C)cc1. The first-order chi connectivity index (χ1) is 15.4. The molecule has 5 heteroatoms. The Bertz CT molecular complexity index is 1060. The van der Waals surface area contributed by atoms with Gasteiger partial charge in [0, 0.05) is 0 Å². The van der Waals surface area contributed by atoms with Crippen molar-refractivity contribution in [2.24, 2.45) is 33.5 Å². The number of hydrogen-bond donors (Lipinski definition) is 0. The number of ether oxygens (including phenoxy) is 1. The van der Waals surface area contributed by atoms with Crippen LogP contribution in [0, 0.1) is 40.4 Å². The van der Waals surface area contributed by atoms with E-state index in [2.05, 4.69) is 20.8 Å². The van der Waals surface area contributed by atoms with Crippen LogP contribution < -0.4 is 0 Å². The van der Waals surface area contributed by atoms with Crippen molar-refractivity contribution in [3.8, 4) is 0 Å². The molecule has 2 bridgehead atoms. The fourth-order valence-corrected chi connectivity index (χ4v) is 11.9. The van der Waals surface area contributed by atoms with E-state index < -0.39 is 15.3 Å². The van der Waals surface area contributed by atoms with Crippen LogP contribution in [0.5, 0.6) is 0 Å². The molecule has 0 saturated heterocycles. The summed E-state index contributed by atoms with van der Waals surface area (Å²) in [6.45, 7) is 8.79. The largest absolute Gasteiger partial charge is 0.469 e. The quantitative estimate of drug-likeness (QED) is 0.498. The Morgan fingerprint density at radius 1 is 0.970 bits per heavy atom. The highest BCUT2D eigenvalue weighted by Gasteiger charge is 2.69. The van der Waals surface area contributed by atoms with Gasteiger partial charge in [-0.2, -0.15) is 0 Å². The molecule has 1 aromatic carbocycles. The minimum absolute atomic E-state index is 0.0544. The zero-order chi connectivity index (χ0) is 23.9. The third-order valence-corrected chi connectivity index (χ3v) is 13.4. The number of aryl methyl sites for hydroxylation is 1. The first-order valence-corrected chi connectivity index (χ1v) is 14.4. The van der Waals surface area contributed by atoms with Gasteiger partial charge in [-0.15, -0.1) is 0 Å². The number of carbonyl (C=O) groups is 1. The van der Waals surface area contributed by atoms with E-state index in [9.17, 15) is 13.2 Å². The van der Waals surface area contributed by atoms with Gasteiger partial charge in [-0.25, -0.2) is 8.42 Å². The summed E-state index contributed by atoms with van der Waals surface area (Å²) in [6, 6.07) is 7.43. The lowest BCUT2D eigenvalue weighted by Gasteiger charge is -2.64. The number of benzene rings is 1. The Morgan fingerprint density at radius 3 is 2.30 bits per heavy atom. The molecule has 0 heterocycles. The van der Waals surface area contributed by atoms with E-state index in [-0.39, 0.29) is 27.5 Å². The monoisotopic (exact) mass is 472 g/mol. The van der Waals surface area contributed by atoms with Crippen LogP contribution in [0.2, 0.25) is 0 Å². The van der Waals surface area contributed by atoms with Gasteiger partial charge in [-0.3, -0.25) is 4.79 Å². The molecule has 4 aliphatic rings. The highest BCUT2D eigenvalue weighted by Crippen LogP contribution is 2.74. The molecule has 5 rings (SSSR count). The van der Waals surface area contributed by atoms with Gasteiger partial charge < -0.3 is 4.74 Å². The van der Waals surface area contributed by atoms with Crippen molar-refractivity contribution in [3.63, 3.8) is 0 Å². The molecule has 7 unspecified atom stereocenters. The van der Waals surface area contributed by atoms with E-state index in [1.54, 1.807) is 12.1 Å². The van der Waals surface area contributed by atoms with Gasteiger partial charge in [0.15, 0.2) is 9.84 Å². The lowest BCUT2D eigenvalue weighted by atomic mass is 9.40. The normalized spacial score (nSPS) is 44.6.